The third kappa shape index (κ3) is 4.51. The minimum absolute atomic E-state index is 0.0951. The van der Waals surface area contributed by atoms with Gasteiger partial charge in [-0.2, -0.15) is 0 Å². The normalized spacial score (nSPS) is 11.8. The average Bonchev–Trinajstić information content (AvgIpc) is 2.37. The summed E-state index contributed by atoms with van der Waals surface area (Å²) in [6.07, 6.45) is 0.649. The Hall–Kier alpha value is -2.15. The van der Waals surface area contributed by atoms with E-state index in [2.05, 4.69) is 10.6 Å². The lowest BCUT2D eigenvalue weighted by Gasteiger charge is -2.17. The van der Waals surface area contributed by atoms with Crippen LogP contribution in [0.3, 0.4) is 0 Å². The van der Waals surface area contributed by atoms with Crippen molar-refractivity contribution in [3.8, 4) is 0 Å². The van der Waals surface area contributed by atoms with Gasteiger partial charge in [0.05, 0.1) is 23.9 Å². The molecular formula is C13H17FN2O4. The third-order valence-electron chi connectivity index (χ3n) is 2.66. The number of aromatic carboxylic acids is 1. The van der Waals surface area contributed by atoms with E-state index in [-0.39, 0.29) is 17.3 Å². The average molecular weight is 284 g/mol. The van der Waals surface area contributed by atoms with E-state index in [1.807, 2.05) is 6.92 Å². The summed E-state index contributed by atoms with van der Waals surface area (Å²) in [4.78, 5) is 22.7. The van der Waals surface area contributed by atoms with Crippen LogP contribution >= 0.6 is 0 Å². The molecule has 1 aromatic rings. The van der Waals surface area contributed by atoms with E-state index < -0.39 is 17.8 Å². The molecule has 2 amide bonds. The van der Waals surface area contributed by atoms with Gasteiger partial charge in [0.25, 0.3) is 0 Å². The zero-order chi connectivity index (χ0) is 15.1. The molecule has 1 rings (SSSR count). The van der Waals surface area contributed by atoms with E-state index in [4.69, 9.17) is 9.84 Å². The first kappa shape index (κ1) is 15.9. The molecule has 0 aromatic heterocycles. The van der Waals surface area contributed by atoms with Crippen LogP contribution in [0, 0.1) is 5.82 Å². The van der Waals surface area contributed by atoms with Crippen LogP contribution in [0.15, 0.2) is 18.2 Å². The zero-order valence-electron chi connectivity index (χ0n) is 11.3. The second-order valence-electron chi connectivity index (χ2n) is 4.15. The number of hydrogen-bond acceptors (Lipinski definition) is 3. The maximum atomic E-state index is 13.1. The molecule has 1 unspecified atom stereocenters. The van der Waals surface area contributed by atoms with Crippen LogP contribution in [0.25, 0.3) is 0 Å². The number of hydrogen-bond donors (Lipinski definition) is 3. The van der Waals surface area contributed by atoms with E-state index in [1.54, 1.807) is 0 Å². The Morgan fingerprint density at radius 1 is 1.45 bits per heavy atom. The molecule has 1 aromatic carbocycles. The van der Waals surface area contributed by atoms with Gasteiger partial charge in [0, 0.05) is 7.11 Å². The SMILES string of the molecule is CCC(COC)NC(=O)Nc1cc(F)ccc1C(=O)O. The summed E-state index contributed by atoms with van der Waals surface area (Å²) in [6, 6.07) is 2.26. The molecule has 6 nitrogen and oxygen atoms in total. The van der Waals surface area contributed by atoms with Gasteiger partial charge in [-0.3, -0.25) is 0 Å². The largest absolute Gasteiger partial charge is 0.478 e. The van der Waals surface area contributed by atoms with Crippen LogP contribution in [-0.2, 0) is 4.74 Å². The number of methoxy groups -OCH3 is 1. The Balaban J connectivity index is 2.79. The summed E-state index contributed by atoms with van der Waals surface area (Å²) in [6.45, 7) is 2.20. The van der Waals surface area contributed by atoms with Crippen LogP contribution < -0.4 is 10.6 Å². The number of rotatable bonds is 6. The van der Waals surface area contributed by atoms with Crippen LogP contribution in [0.5, 0.6) is 0 Å². The molecule has 0 saturated heterocycles. The van der Waals surface area contributed by atoms with E-state index in [1.165, 1.54) is 7.11 Å². The first-order chi connectivity index (χ1) is 9.47. The maximum Gasteiger partial charge on any atom is 0.337 e. The van der Waals surface area contributed by atoms with Crippen molar-refractivity contribution in [2.24, 2.45) is 0 Å². The standard InChI is InChI=1S/C13H17FN2O4/c1-3-9(7-20-2)15-13(19)16-11-6-8(14)4-5-10(11)12(17)18/h4-6,9H,3,7H2,1-2H3,(H,17,18)(H2,15,16,19). The van der Waals surface area contributed by atoms with Crippen LogP contribution in [0.4, 0.5) is 14.9 Å². The predicted octanol–water partition coefficient (Wildman–Crippen LogP) is 2.07. The number of benzene rings is 1. The predicted molar refractivity (Wildman–Crippen MR) is 71.5 cm³/mol. The van der Waals surface area contributed by atoms with Crippen molar-refractivity contribution in [1.29, 1.82) is 0 Å². The zero-order valence-corrected chi connectivity index (χ0v) is 11.3. The Labute approximate surface area is 115 Å². The Kier molecular flexibility index (Phi) is 5.92. The number of carbonyl (C=O) groups is 2. The number of halogens is 1. The monoisotopic (exact) mass is 284 g/mol. The number of nitrogens with one attached hydrogen (secondary N) is 2. The summed E-state index contributed by atoms with van der Waals surface area (Å²) in [5, 5.41) is 13.9. The highest BCUT2D eigenvalue weighted by molar-refractivity contribution is 6.00. The van der Waals surface area contributed by atoms with E-state index >= 15 is 0 Å². The Bertz CT molecular complexity index is 493. The number of ether oxygens (including phenoxy) is 1. The van der Waals surface area contributed by atoms with Gasteiger partial charge < -0.3 is 20.5 Å². The lowest BCUT2D eigenvalue weighted by atomic mass is 10.1. The van der Waals surface area contributed by atoms with Crippen molar-refractivity contribution >= 4 is 17.7 Å². The number of carbonyl (C=O) groups excluding carboxylic acids is 1. The second kappa shape index (κ2) is 7.44. The molecule has 0 fully saturated rings. The molecule has 1 atom stereocenters. The van der Waals surface area contributed by atoms with Gasteiger partial charge in [-0.15, -0.1) is 0 Å². The molecule has 7 heteroatoms. The summed E-state index contributed by atoms with van der Waals surface area (Å²) in [7, 11) is 1.51. The fraction of sp³-hybridized carbons (Fsp3) is 0.385. The van der Waals surface area contributed by atoms with Gasteiger partial charge in [-0.05, 0) is 24.6 Å². The first-order valence-corrected chi connectivity index (χ1v) is 6.07. The minimum atomic E-state index is -1.25. The van der Waals surface area contributed by atoms with Crippen molar-refractivity contribution in [2.45, 2.75) is 19.4 Å². The molecule has 110 valence electrons. The smallest absolute Gasteiger partial charge is 0.337 e. The van der Waals surface area contributed by atoms with E-state index in [0.717, 1.165) is 18.2 Å². The first-order valence-electron chi connectivity index (χ1n) is 6.07. The molecular weight excluding hydrogens is 267 g/mol. The van der Waals surface area contributed by atoms with Gasteiger partial charge in [0.15, 0.2) is 0 Å². The molecule has 0 aliphatic rings. The fourth-order valence-corrected chi connectivity index (χ4v) is 1.61. The molecule has 3 N–H and O–H groups in total. The Morgan fingerprint density at radius 3 is 2.70 bits per heavy atom. The van der Waals surface area contributed by atoms with Crippen LogP contribution in [-0.4, -0.2) is 36.9 Å². The lowest BCUT2D eigenvalue weighted by Crippen LogP contribution is -2.40. The summed E-state index contributed by atoms with van der Waals surface area (Å²) in [5.41, 5.74) is -0.274. The number of carboxylic acid groups (broad SMARTS) is 1. The second-order valence-corrected chi connectivity index (χ2v) is 4.15. The van der Waals surface area contributed by atoms with Crippen molar-refractivity contribution in [1.82, 2.24) is 5.32 Å². The van der Waals surface area contributed by atoms with Crippen LogP contribution in [0.2, 0.25) is 0 Å². The summed E-state index contributed by atoms with van der Waals surface area (Å²) in [5.74, 6) is -1.88. The summed E-state index contributed by atoms with van der Waals surface area (Å²) < 4.78 is 18.1. The van der Waals surface area contributed by atoms with Gasteiger partial charge in [0.2, 0.25) is 0 Å². The van der Waals surface area contributed by atoms with Crippen LogP contribution in [0.1, 0.15) is 23.7 Å². The number of amides is 2. The lowest BCUT2D eigenvalue weighted by molar-refractivity contribution is 0.0698. The van der Waals surface area contributed by atoms with Gasteiger partial charge in [-0.1, -0.05) is 6.92 Å². The molecule has 0 bridgehead atoms. The molecule has 0 radical (unpaired) electrons. The molecule has 0 aliphatic carbocycles. The van der Waals surface area contributed by atoms with E-state index in [9.17, 15) is 14.0 Å². The highest BCUT2D eigenvalue weighted by atomic mass is 19.1. The number of carboxylic acids is 1. The van der Waals surface area contributed by atoms with Crippen molar-refractivity contribution in [3.63, 3.8) is 0 Å². The number of anilines is 1. The number of urea groups is 1. The van der Waals surface area contributed by atoms with Gasteiger partial charge in [0.1, 0.15) is 5.82 Å². The minimum Gasteiger partial charge on any atom is -0.478 e. The molecule has 0 spiro atoms. The van der Waals surface area contributed by atoms with Crippen molar-refractivity contribution < 1.29 is 23.8 Å². The highest BCUT2D eigenvalue weighted by Crippen LogP contribution is 2.17. The van der Waals surface area contributed by atoms with Crippen molar-refractivity contribution in [3.05, 3.63) is 29.6 Å². The fourth-order valence-electron chi connectivity index (χ4n) is 1.61. The third-order valence-corrected chi connectivity index (χ3v) is 2.66. The van der Waals surface area contributed by atoms with Crippen molar-refractivity contribution in [2.75, 3.05) is 19.0 Å². The van der Waals surface area contributed by atoms with Gasteiger partial charge >= 0.3 is 12.0 Å². The molecule has 0 aliphatic heterocycles. The van der Waals surface area contributed by atoms with E-state index in [0.29, 0.717) is 13.0 Å². The Morgan fingerprint density at radius 2 is 2.15 bits per heavy atom. The highest BCUT2D eigenvalue weighted by Gasteiger charge is 2.15. The molecule has 20 heavy (non-hydrogen) atoms. The topological polar surface area (TPSA) is 87.7 Å². The molecule has 0 saturated carbocycles. The summed E-state index contributed by atoms with van der Waals surface area (Å²) >= 11 is 0. The quantitative estimate of drug-likeness (QED) is 0.746. The molecule has 0 heterocycles. The van der Waals surface area contributed by atoms with Gasteiger partial charge in [-0.25, -0.2) is 14.0 Å². The maximum absolute atomic E-state index is 13.1.